The van der Waals surface area contributed by atoms with Gasteiger partial charge in [-0.1, -0.05) is 18.0 Å². The molecule has 1 fully saturated rings. The zero-order chi connectivity index (χ0) is 31.3. The van der Waals surface area contributed by atoms with Gasteiger partial charge in [0.2, 0.25) is 17.4 Å². The third kappa shape index (κ3) is 5.31. The Labute approximate surface area is 261 Å². The number of fused-ring (bicyclic) bond motifs is 7. The first kappa shape index (κ1) is 29.0. The SMILES string of the molecule is O=C1CCCCC(C(=O)N2CCC[C@@]3(C2)OC(=O)Nc2ccc(Cl)c(F)c23)c2cc(ccn2)-c2cc3ccc(=O)[nH]c3cc2N1. The van der Waals surface area contributed by atoms with Crippen molar-refractivity contribution in [3.8, 4) is 11.1 Å². The number of aromatic amines is 1. The topological polar surface area (TPSA) is 133 Å². The van der Waals surface area contributed by atoms with Crippen molar-refractivity contribution in [2.75, 3.05) is 23.7 Å². The van der Waals surface area contributed by atoms with Gasteiger partial charge in [0.15, 0.2) is 11.4 Å². The molecule has 2 atom stereocenters. The number of hydrogen-bond acceptors (Lipinski definition) is 6. The average molecular weight is 630 g/mol. The van der Waals surface area contributed by atoms with Crippen molar-refractivity contribution in [1.82, 2.24) is 14.9 Å². The van der Waals surface area contributed by atoms with Crippen molar-refractivity contribution in [3.63, 3.8) is 0 Å². The van der Waals surface area contributed by atoms with Gasteiger partial charge < -0.3 is 19.9 Å². The Kier molecular flexibility index (Phi) is 7.27. The lowest BCUT2D eigenvalue weighted by molar-refractivity contribution is -0.141. The van der Waals surface area contributed by atoms with Crippen LogP contribution >= 0.6 is 11.6 Å². The fourth-order valence-corrected chi connectivity index (χ4v) is 6.94. The standard InChI is InChI=1S/C33H29ClFN5O5/c34-22-7-8-23-29(30(22)35)33(45-32(44)39-23)11-3-13-40(17-33)31(43)20-4-1-2-5-27(41)38-26-16-24-19(6-9-28(42)37-24)14-21(26)18-10-12-36-25(20)15-18/h6-10,12,14-16,20H,1-5,11,13,17H2,(H,37,42)(H,38,41)(H,39,44)/t20?,33-/m0/s1. The van der Waals surface area contributed by atoms with Crippen molar-refractivity contribution >= 4 is 51.8 Å². The maximum atomic E-state index is 15.5. The molecule has 1 saturated heterocycles. The molecule has 5 heterocycles. The average Bonchev–Trinajstić information content (AvgIpc) is 3.01. The van der Waals surface area contributed by atoms with Crippen LogP contribution in [-0.2, 0) is 19.9 Å². The quantitative estimate of drug-likeness (QED) is 0.234. The zero-order valence-corrected chi connectivity index (χ0v) is 24.9. The number of nitrogens with zero attached hydrogens (tertiary/aromatic N) is 2. The summed E-state index contributed by atoms with van der Waals surface area (Å²) in [5, 5.41) is 6.23. The highest BCUT2D eigenvalue weighted by atomic mass is 35.5. The van der Waals surface area contributed by atoms with Gasteiger partial charge in [-0.3, -0.25) is 24.7 Å². The highest BCUT2D eigenvalue weighted by Gasteiger charge is 2.49. The van der Waals surface area contributed by atoms with Crippen molar-refractivity contribution < 1.29 is 23.5 Å². The molecule has 3 N–H and O–H groups in total. The maximum Gasteiger partial charge on any atom is 0.412 e. The third-order valence-electron chi connectivity index (χ3n) is 8.87. The fourth-order valence-electron chi connectivity index (χ4n) is 6.78. The predicted molar refractivity (Wildman–Crippen MR) is 167 cm³/mol. The zero-order valence-electron chi connectivity index (χ0n) is 24.1. The van der Waals surface area contributed by atoms with Gasteiger partial charge in [0, 0.05) is 30.8 Å². The van der Waals surface area contributed by atoms with E-state index in [-0.39, 0.29) is 46.6 Å². The van der Waals surface area contributed by atoms with Crippen LogP contribution in [0.2, 0.25) is 5.02 Å². The number of likely N-dealkylation sites (tertiary alicyclic amines) is 1. The molecule has 2 bridgehead atoms. The number of H-pyrrole nitrogens is 1. The van der Waals surface area contributed by atoms with E-state index in [9.17, 15) is 19.2 Å². The number of halogens is 2. The number of hydrogen-bond donors (Lipinski definition) is 3. The summed E-state index contributed by atoms with van der Waals surface area (Å²) in [5.74, 6) is -1.71. The molecule has 0 radical (unpaired) electrons. The fraction of sp³-hybridized carbons (Fsp3) is 0.303. The van der Waals surface area contributed by atoms with Gasteiger partial charge >= 0.3 is 6.09 Å². The van der Waals surface area contributed by atoms with Crippen molar-refractivity contribution in [2.24, 2.45) is 0 Å². The number of amides is 3. The summed E-state index contributed by atoms with van der Waals surface area (Å²) in [6, 6.07) is 13.4. The van der Waals surface area contributed by atoms with E-state index in [4.69, 9.17) is 16.3 Å². The number of carbonyl (C=O) groups excluding carboxylic acids is 3. The molecule has 3 amide bonds. The number of rotatable bonds is 1. The van der Waals surface area contributed by atoms with E-state index in [1.54, 1.807) is 29.3 Å². The van der Waals surface area contributed by atoms with E-state index >= 15 is 4.39 Å². The largest absolute Gasteiger partial charge is 0.436 e. The summed E-state index contributed by atoms with van der Waals surface area (Å²) in [6.07, 6.45) is 3.54. The Hall–Kier alpha value is -4.77. The molecule has 230 valence electrons. The van der Waals surface area contributed by atoms with E-state index in [0.717, 1.165) is 16.5 Å². The number of carbonyl (C=O) groups is 3. The van der Waals surface area contributed by atoms with Gasteiger partial charge in [-0.2, -0.15) is 0 Å². The number of piperidine rings is 1. The second-order valence-electron chi connectivity index (χ2n) is 11.8. The maximum absolute atomic E-state index is 15.5. The van der Waals surface area contributed by atoms with E-state index < -0.39 is 23.4 Å². The van der Waals surface area contributed by atoms with Gasteiger partial charge in [0.05, 0.1) is 45.6 Å². The molecule has 7 rings (SSSR count). The lowest BCUT2D eigenvalue weighted by atomic mass is 9.82. The first-order chi connectivity index (χ1) is 21.7. The van der Waals surface area contributed by atoms with Gasteiger partial charge in [-0.05, 0) is 79.1 Å². The lowest BCUT2D eigenvalue weighted by Gasteiger charge is -2.45. The van der Waals surface area contributed by atoms with Crippen molar-refractivity contribution in [2.45, 2.75) is 50.0 Å². The Morgan fingerprint density at radius 1 is 1.02 bits per heavy atom. The number of benzene rings is 2. The van der Waals surface area contributed by atoms with Gasteiger partial charge in [-0.15, -0.1) is 0 Å². The molecule has 3 aliphatic rings. The highest BCUT2D eigenvalue weighted by molar-refractivity contribution is 6.31. The van der Waals surface area contributed by atoms with Crippen LogP contribution in [0.5, 0.6) is 0 Å². The monoisotopic (exact) mass is 629 g/mol. The number of anilines is 2. The van der Waals surface area contributed by atoms with Crippen LogP contribution in [0.3, 0.4) is 0 Å². The molecule has 4 aromatic rings. The Balaban J connectivity index is 1.27. The molecule has 1 spiro atoms. The van der Waals surface area contributed by atoms with Crippen molar-refractivity contribution in [1.29, 1.82) is 0 Å². The number of ether oxygens (including phenoxy) is 1. The molecule has 2 aromatic carbocycles. The summed E-state index contributed by atoms with van der Waals surface area (Å²) in [6.45, 7) is 0.365. The minimum Gasteiger partial charge on any atom is -0.436 e. The Bertz CT molecular complexity index is 1950. The molecular formula is C33H29ClFN5O5. The molecule has 45 heavy (non-hydrogen) atoms. The smallest absolute Gasteiger partial charge is 0.412 e. The van der Waals surface area contributed by atoms with E-state index in [0.29, 0.717) is 55.5 Å². The van der Waals surface area contributed by atoms with Crippen molar-refractivity contribution in [3.05, 3.63) is 87.2 Å². The summed E-state index contributed by atoms with van der Waals surface area (Å²) in [5.41, 5.74) is 1.94. The predicted octanol–water partition coefficient (Wildman–Crippen LogP) is 6.06. The molecule has 2 aromatic heterocycles. The number of nitrogens with one attached hydrogen (secondary N) is 3. The normalized spacial score (nSPS) is 21.5. The van der Waals surface area contributed by atoms with E-state index in [2.05, 4.69) is 20.6 Å². The third-order valence-corrected chi connectivity index (χ3v) is 9.16. The summed E-state index contributed by atoms with van der Waals surface area (Å²) >= 11 is 6.14. The molecule has 0 aliphatic carbocycles. The first-order valence-corrected chi connectivity index (χ1v) is 15.3. The highest BCUT2D eigenvalue weighted by Crippen LogP contribution is 2.46. The van der Waals surface area contributed by atoms with E-state index in [1.807, 2.05) is 18.2 Å². The summed E-state index contributed by atoms with van der Waals surface area (Å²) in [7, 11) is 0. The number of pyridine rings is 2. The van der Waals surface area contributed by atoms with Crippen LogP contribution in [0.4, 0.5) is 20.6 Å². The van der Waals surface area contributed by atoms with Gasteiger partial charge in [0.1, 0.15) is 0 Å². The Morgan fingerprint density at radius 3 is 2.76 bits per heavy atom. The lowest BCUT2D eigenvalue weighted by Crippen LogP contribution is -2.54. The molecule has 1 unspecified atom stereocenters. The Morgan fingerprint density at radius 2 is 1.89 bits per heavy atom. The van der Waals surface area contributed by atoms with Crippen LogP contribution in [0.15, 0.2) is 59.5 Å². The molecule has 10 nitrogen and oxygen atoms in total. The van der Waals surface area contributed by atoms with Gasteiger partial charge in [-0.25, -0.2) is 9.18 Å². The molecule has 0 saturated carbocycles. The molecule has 3 aliphatic heterocycles. The van der Waals surface area contributed by atoms with Gasteiger partial charge in [0.25, 0.3) is 0 Å². The summed E-state index contributed by atoms with van der Waals surface area (Å²) in [4.78, 5) is 60.9. The minimum atomic E-state index is -1.39. The van der Waals surface area contributed by atoms with Crippen LogP contribution in [0, 0.1) is 5.82 Å². The van der Waals surface area contributed by atoms with Crippen LogP contribution < -0.4 is 16.2 Å². The second-order valence-corrected chi connectivity index (χ2v) is 12.2. The second kappa shape index (κ2) is 11.3. The molecular weight excluding hydrogens is 601 g/mol. The van der Waals surface area contributed by atoms with Crippen LogP contribution in [0.1, 0.15) is 55.7 Å². The first-order valence-electron chi connectivity index (χ1n) is 14.9. The van der Waals surface area contributed by atoms with Crippen LogP contribution in [-0.4, -0.2) is 45.9 Å². The minimum absolute atomic E-state index is 0.0326. The van der Waals surface area contributed by atoms with E-state index in [1.165, 1.54) is 12.1 Å². The number of aromatic nitrogens is 2. The summed E-state index contributed by atoms with van der Waals surface area (Å²) < 4.78 is 21.2. The van der Waals surface area contributed by atoms with Crippen LogP contribution in [0.25, 0.3) is 22.0 Å². The molecule has 12 heteroatoms.